The molecule has 0 aliphatic carbocycles. The molecule has 0 bridgehead atoms. The van der Waals surface area contributed by atoms with Gasteiger partial charge in [-0.2, -0.15) is 0 Å². The van der Waals surface area contributed by atoms with E-state index in [1.54, 1.807) is 6.33 Å². The van der Waals surface area contributed by atoms with Crippen molar-refractivity contribution in [2.24, 2.45) is 0 Å². The summed E-state index contributed by atoms with van der Waals surface area (Å²) in [6, 6.07) is 41.6. The normalized spacial score (nSPS) is 12.1. The number of rotatable bonds is 3. The second-order valence-electron chi connectivity index (χ2n) is 8.74. The van der Waals surface area contributed by atoms with Gasteiger partial charge in [0.05, 0.1) is 22.6 Å². The maximum absolute atomic E-state index is 6.15. The highest BCUT2D eigenvalue weighted by atomic mass is 16.5. The van der Waals surface area contributed by atoms with Crippen molar-refractivity contribution in [3.63, 3.8) is 0 Å². The third-order valence-corrected chi connectivity index (χ3v) is 6.57. The van der Waals surface area contributed by atoms with Crippen molar-refractivity contribution in [3.8, 4) is 33.9 Å². The molecule has 4 nitrogen and oxygen atoms in total. The highest BCUT2D eigenvalue weighted by molar-refractivity contribution is 5.94. The second kappa shape index (κ2) is 8.36. The van der Waals surface area contributed by atoms with Crippen LogP contribution < -0.4 is 9.64 Å². The van der Waals surface area contributed by atoms with E-state index in [0.29, 0.717) is 0 Å². The zero-order valence-corrected chi connectivity index (χ0v) is 19.4. The van der Waals surface area contributed by atoms with Crippen molar-refractivity contribution in [1.82, 2.24) is 9.97 Å². The maximum atomic E-state index is 6.15. The number of para-hydroxylation sites is 4. The Morgan fingerprint density at radius 1 is 0.528 bits per heavy atom. The number of ether oxygens (including phenoxy) is 1. The number of hydrogen-bond acceptors (Lipinski definition) is 4. The standard InChI is InChI=1S/C32H21N3O/c1-2-8-23(9-3-1)32-26-19-16-24(20-27(26)33-21-34-32)22-14-17-25(18-15-22)35-28-10-4-6-12-30(28)36-31-13-7-5-11-29(31)35/h1-21H. The van der Waals surface area contributed by atoms with Gasteiger partial charge in [-0.15, -0.1) is 0 Å². The number of anilines is 3. The molecule has 0 fully saturated rings. The van der Waals surface area contributed by atoms with E-state index in [2.05, 4.69) is 81.6 Å². The van der Waals surface area contributed by atoms with Crippen LogP contribution in [-0.4, -0.2) is 9.97 Å². The van der Waals surface area contributed by atoms with Gasteiger partial charge in [-0.3, -0.25) is 0 Å². The van der Waals surface area contributed by atoms with Crippen LogP contribution in [0.3, 0.4) is 0 Å². The molecule has 1 aromatic heterocycles. The first-order valence-corrected chi connectivity index (χ1v) is 11.9. The van der Waals surface area contributed by atoms with Crippen LogP contribution in [0.4, 0.5) is 17.1 Å². The van der Waals surface area contributed by atoms with Crippen molar-refractivity contribution in [1.29, 1.82) is 0 Å². The lowest BCUT2D eigenvalue weighted by Crippen LogP contribution is -2.15. The van der Waals surface area contributed by atoms with Crippen LogP contribution in [0.1, 0.15) is 0 Å². The van der Waals surface area contributed by atoms with Crippen molar-refractivity contribution in [3.05, 3.63) is 128 Å². The molecule has 0 atom stereocenters. The number of aromatic nitrogens is 2. The molecule has 1 aliphatic heterocycles. The molecule has 6 aromatic rings. The molecule has 5 aromatic carbocycles. The summed E-state index contributed by atoms with van der Waals surface area (Å²) in [6.45, 7) is 0. The maximum Gasteiger partial charge on any atom is 0.151 e. The largest absolute Gasteiger partial charge is 0.453 e. The van der Waals surface area contributed by atoms with E-state index in [1.807, 2.05) is 54.6 Å². The first kappa shape index (κ1) is 20.4. The minimum atomic E-state index is 0.851. The quantitative estimate of drug-likeness (QED) is 0.263. The molecule has 36 heavy (non-hydrogen) atoms. The topological polar surface area (TPSA) is 38.2 Å². The molecule has 7 rings (SSSR count). The number of nitrogens with zero attached hydrogens (tertiary/aromatic N) is 3. The van der Waals surface area contributed by atoms with Gasteiger partial charge in [0, 0.05) is 16.6 Å². The minimum absolute atomic E-state index is 0.851. The number of fused-ring (bicyclic) bond motifs is 3. The van der Waals surface area contributed by atoms with E-state index >= 15 is 0 Å². The Hall–Kier alpha value is -4.96. The lowest BCUT2D eigenvalue weighted by Gasteiger charge is -2.32. The van der Waals surface area contributed by atoms with Crippen LogP contribution in [-0.2, 0) is 0 Å². The molecule has 2 heterocycles. The Kier molecular flexibility index (Phi) is 4.74. The van der Waals surface area contributed by atoms with Gasteiger partial charge in [-0.1, -0.05) is 72.8 Å². The predicted molar refractivity (Wildman–Crippen MR) is 145 cm³/mol. The molecule has 170 valence electrons. The summed E-state index contributed by atoms with van der Waals surface area (Å²) in [5, 5.41) is 1.05. The average Bonchev–Trinajstić information content (AvgIpc) is 2.96. The molecule has 0 amide bonds. The summed E-state index contributed by atoms with van der Waals surface area (Å²) in [4.78, 5) is 11.4. The van der Waals surface area contributed by atoms with E-state index in [0.717, 1.165) is 61.8 Å². The molecule has 0 N–H and O–H groups in total. The van der Waals surface area contributed by atoms with Gasteiger partial charge in [0.25, 0.3) is 0 Å². The fourth-order valence-corrected chi connectivity index (χ4v) is 4.85. The summed E-state index contributed by atoms with van der Waals surface area (Å²) in [5.74, 6) is 1.70. The predicted octanol–water partition coefficient (Wildman–Crippen LogP) is 8.54. The van der Waals surface area contributed by atoms with Crippen LogP contribution in [0, 0.1) is 0 Å². The van der Waals surface area contributed by atoms with Gasteiger partial charge in [-0.25, -0.2) is 9.97 Å². The molecule has 0 radical (unpaired) electrons. The van der Waals surface area contributed by atoms with E-state index in [4.69, 9.17) is 4.74 Å². The number of benzene rings is 5. The zero-order valence-electron chi connectivity index (χ0n) is 19.4. The van der Waals surface area contributed by atoms with Gasteiger partial charge < -0.3 is 9.64 Å². The van der Waals surface area contributed by atoms with Crippen LogP contribution in [0.5, 0.6) is 11.5 Å². The van der Waals surface area contributed by atoms with E-state index < -0.39 is 0 Å². The third kappa shape index (κ3) is 3.39. The van der Waals surface area contributed by atoms with E-state index in [-0.39, 0.29) is 0 Å². The van der Waals surface area contributed by atoms with Gasteiger partial charge in [0.15, 0.2) is 11.5 Å². The molecule has 0 spiro atoms. The minimum Gasteiger partial charge on any atom is -0.453 e. The van der Waals surface area contributed by atoms with Crippen LogP contribution in [0.2, 0.25) is 0 Å². The molecule has 0 saturated carbocycles. The lowest BCUT2D eigenvalue weighted by molar-refractivity contribution is 0.477. The van der Waals surface area contributed by atoms with Gasteiger partial charge in [0.2, 0.25) is 0 Å². The first-order valence-electron chi connectivity index (χ1n) is 11.9. The third-order valence-electron chi connectivity index (χ3n) is 6.57. The fourth-order valence-electron chi connectivity index (χ4n) is 4.85. The summed E-state index contributed by atoms with van der Waals surface area (Å²) < 4.78 is 6.15. The van der Waals surface area contributed by atoms with Gasteiger partial charge in [0.1, 0.15) is 6.33 Å². The van der Waals surface area contributed by atoms with Crippen LogP contribution in [0.15, 0.2) is 128 Å². The molecular weight excluding hydrogens is 442 g/mol. The smallest absolute Gasteiger partial charge is 0.151 e. The zero-order chi connectivity index (χ0) is 23.9. The molecule has 1 aliphatic rings. The Labute approximate surface area is 209 Å². The Balaban J connectivity index is 1.27. The number of hydrogen-bond donors (Lipinski definition) is 0. The molecule has 0 unspecified atom stereocenters. The molecule has 0 saturated heterocycles. The van der Waals surface area contributed by atoms with Crippen molar-refractivity contribution < 1.29 is 4.74 Å². The van der Waals surface area contributed by atoms with Gasteiger partial charge in [-0.05, 0) is 59.7 Å². The Morgan fingerprint density at radius 2 is 1.17 bits per heavy atom. The Bertz CT molecular complexity index is 1670. The summed E-state index contributed by atoms with van der Waals surface area (Å²) in [5.41, 5.74) is 8.36. The van der Waals surface area contributed by atoms with E-state index in [9.17, 15) is 0 Å². The molecular formula is C32H21N3O. The summed E-state index contributed by atoms with van der Waals surface area (Å²) >= 11 is 0. The van der Waals surface area contributed by atoms with Crippen LogP contribution in [0.25, 0.3) is 33.3 Å². The summed E-state index contributed by atoms with van der Waals surface area (Å²) in [6.07, 6.45) is 1.64. The van der Waals surface area contributed by atoms with Gasteiger partial charge >= 0.3 is 0 Å². The van der Waals surface area contributed by atoms with Crippen molar-refractivity contribution >= 4 is 28.0 Å². The van der Waals surface area contributed by atoms with E-state index in [1.165, 1.54) is 0 Å². The highest BCUT2D eigenvalue weighted by Crippen LogP contribution is 2.50. The fraction of sp³-hybridized carbons (Fsp3) is 0. The lowest BCUT2D eigenvalue weighted by atomic mass is 10.0. The summed E-state index contributed by atoms with van der Waals surface area (Å²) in [7, 11) is 0. The highest BCUT2D eigenvalue weighted by Gasteiger charge is 2.25. The SMILES string of the molecule is c1ccc(-c2ncnc3cc(-c4ccc(N5c6ccccc6Oc6ccccc65)cc4)ccc23)cc1. The Morgan fingerprint density at radius 3 is 1.89 bits per heavy atom. The van der Waals surface area contributed by atoms with Crippen molar-refractivity contribution in [2.75, 3.05) is 4.90 Å². The van der Waals surface area contributed by atoms with Crippen molar-refractivity contribution in [2.45, 2.75) is 0 Å². The second-order valence-corrected chi connectivity index (χ2v) is 8.74. The first-order chi connectivity index (χ1) is 17.8. The van der Waals surface area contributed by atoms with Crippen LogP contribution >= 0.6 is 0 Å². The monoisotopic (exact) mass is 463 g/mol. The average molecular weight is 464 g/mol. The molecule has 4 heteroatoms.